The molecule has 0 amide bonds. The Morgan fingerprint density at radius 2 is 1.83 bits per heavy atom. The van der Waals surface area contributed by atoms with Crippen LogP contribution in [-0.4, -0.2) is 35.7 Å². The van der Waals surface area contributed by atoms with Crippen molar-refractivity contribution in [2.75, 3.05) is 0 Å². The summed E-state index contributed by atoms with van der Waals surface area (Å²) in [6, 6.07) is 11.0. The van der Waals surface area contributed by atoms with E-state index in [-0.39, 0.29) is 6.54 Å². The van der Waals surface area contributed by atoms with E-state index in [9.17, 15) is 0 Å². The Balaban J connectivity index is 1.82. The van der Waals surface area contributed by atoms with Crippen LogP contribution in [0.2, 0.25) is 10.0 Å². The van der Waals surface area contributed by atoms with Gasteiger partial charge in [0, 0.05) is 22.4 Å². The molecule has 10 heteroatoms. The molecular formula is C19H10BrCl2N7. The summed E-state index contributed by atoms with van der Waals surface area (Å²) in [6.45, 7) is 0.276. The first-order valence-corrected chi connectivity index (χ1v) is 10.1. The standard InChI is InChI=1S/C19H10BrCl2N7/c20-10-5-6-13-15(16(10)22)18(17-11(21)3-1-7-23-17)24-9-14-27-28-19(29(13)14)12-4-2-8-25-26-12/h1-8H,9H2. The van der Waals surface area contributed by atoms with Crippen molar-refractivity contribution >= 4 is 44.8 Å². The molecule has 3 aromatic heterocycles. The van der Waals surface area contributed by atoms with E-state index in [0.29, 0.717) is 44.4 Å². The Morgan fingerprint density at radius 3 is 2.62 bits per heavy atom. The smallest absolute Gasteiger partial charge is 0.189 e. The quantitative estimate of drug-likeness (QED) is 0.415. The molecule has 0 spiro atoms. The Labute approximate surface area is 183 Å². The van der Waals surface area contributed by atoms with E-state index < -0.39 is 0 Å². The Kier molecular flexibility index (Phi) is 4.61. The van der Waals surface area contributed by atoms with Crippen LogP contribution < -0.4 is 0 Å². The molecule has 0 aliphatic carbocycles. The number of hydrogen-bond acceptors (Lipinski definition) is 6. The number of rotatable bonds is 2. The monoisotopic (exact) mass is 485 g/mol. The molecule has 29 heavy (non-hydrogen) atoms. The first-order valence-electron chi connectivity index (χ1n) is 8.51. The molecule has 1 aliphatic heterocycles. The number of aromatic nitrogens is 6. The largest absolute Gasteiger partial charge is 0.275 e. The summed E-state index contributed by atoms with van der Waals surface area (Å²) in [5, 5.41) is 17.8. The fourth-order valence-electron chi connectivity index (χ4n) is 3.19. The van der Waals surface area contributed by atoms with Gasteiger partial charge in [-0.25, -0.2) is 0 Å². The third-order valence-electron chi connectivity index (χ3n) is 4.44. The van der Waals surface area contributed by atoms with E-state index in [1.165, 1.54) is 0 Å². The molecule has 0 radical (unpaired) electrons. The number of fused-ring (bicyclic) bond motifs is 3. The van der Waals surface area contributed by atoms with Crippen molar-refractivity contribution in [3.8, 4) is 17.2 Å². The van der Waals surface area contributed by atoms with Crippen molar-refractivity contribution in [2.24, 2.45) is 4.99 Å². The summed E-state index contributed by atoms with van der Waals surface area (Å²) in [6.07, 6.45) is 3.28. The van der Waals surface area contributed by atoms with Gasteiger partial charge in [-0.15, -0.1) is 15.3 Å². The molecular weight excluding hydrogens is 477 g/mol. The van der Waals surface area contributed by atoms with Crippen molar-refractivity contribution in [3.63, 3.8) is 0 Å². The van der Waals surface area contributed by atoms with Crippen molar-refractivity contribution in [1.82, 2.24) is 29.9 Å². The van der Waals surface area contributed by atoms with E-state index in [1.54, 1.807) is 30.6 Å². The molecule has 0 N–H and O–H groups in total. The molecule has 0 saturated carbocycles. The second-order valence-electron chi connectivity index (χ2n) is 6.14. The molecule has 7 nitrogen and oxygen atoms in total. The van der Waals surface area contributed by atoms with E-state index in [0.717, 1.165) is 10.2 Å². The first-order chi connectivity index (χ1) is 14.1. The van der Waals surface area contributed by atoms with Crippen LogP contribution >= 0.6 is 39.1 Å². The zero-order chi connectivity index (χ0) is 20.0. The number of pyridine rings is 1. The van der Waals surface area contributed by atoms with Crippen LogP contribution in [0.15, 0.2) is 58.3 Å². The second kappa shape index (κ2) is 7.29. The van der Waals surface area contributed by atoms with Gasteiger partial charge in [0.25, 0.3) is 0 Å². The fraction of sp³-hybridized carbons (Fsp3) is 0.0526. The summed E-state index contributed by atoms with van der Waals surface area (Å²) in [4.78, 5) is 9.19. The normalized spacial score (nSPS) is 12.7. The minimum absolute atomic E-state index is 0.276. The van der Waals surface area contributed by atoms with Gasteiger partial charge in [0.1, 0.15) is 17.9 Å². The molecule has 0 saturated heterocycles. The van der Waals surface area contributed by atoms with Gasteiger partial charge in [-0.1, -0.05) is 23.2 Å². The molecule has 0 bridgehead atoms. The highest BCUT2D eigenvalue weighted by Gasteiger charge is 2.28. The highest BCUT2D eigenvalue weighted by molar-refractivity contribution is 9.10. The molecule has 4 aromatic rings. The average Bonchev–Trinajstić information content (AvgIpc) is 3.09. The summed E-state index contributed by atoms with van der Waals surface area (Å²) in [7, 11) is 0. The van der Waals surface area contributed by atoms with Gasteiger partial charge < -0.3 is 0 Å². The molecule has 0 atom stereocenters. The molecule has 0 fully saturated rings. The number of aliphatic imine (C=N–C) groups is 1. The van der Waals surface area contributed by atoms with Crippen LogP contribution in [0.3, 0.4) is 0 Å². The van der Waals surface area contributed by atoms with Crippen LogP contribution in [-0.2, 0) is 6.54 Å². The predicted octanol–water partition coefficient (Wildman–Crippen LogP) is 4.54. The molecule has 0 unspecified atom stereocenters. The van der Waals surface area contributed by atoms with Crippen molar-refractivity contribution in [2.45, 2.75) is 6.54 Å². The Morgan fingerprint density at radius 1 is 0.966 bits per heavy atom. The molecule has 5 rings (SSSR count). The topological polar surface area (TPSA) is 81.7 Å². The predicted molar refractivity (Wildman–Crippen MR) is 114 cm³/mol. The highest BCUT2D eigenvalue weighted by Crippen LogP contribution is 2.37. The minimum atomic E-state index is 0.276. The molecule has 1 aromatic carbocycles. The maximum Gasteiger partial charge on any atom is 0.189 e. The lowest BCUT2D eigenvalue weighted by molar-refractivity contribution is 0.870. The van der Waals surface area contributed by atoms with Gasteiger partial charge in [0.15, 0.2) is 11.6 Å². The highest BCUT2D eigenvalue weighted by atomic mass is 79.9. The summed E-state index contributed by atoms with van der Waals surface area (Å²) < 4.78 is 2.63. The summed E-state index contributed by atoms with van der Waals surface area (Å²) in [5.41, 5.74) is 3.18. The zero-order valence-electron chi connectivity index (χ0n) is 14.6. The lowest BCUT2D eigenvalue weighted by Crippen LogP contribution is -2.11. The zero-order valence-corrected chi connectivity index (χ0v) is 17.7. The first kappa shape index (κ1) is 18.4. The van der Waals surface area contributed by atoms with Gasteiger partial charge in [0.2, 0.25) is 0 Å². The van der Waals surface area contributed by atoms with Gasteiger partial charge in [0.05, 0.1) is 21.4 Å². The number of benzene rings is 1. The molecule has 142 valence electrons. The number of halogens is 3. The molecule has 4 heterocycles. The van der Waals surface area contributed by atoms with Gasteiger partial charge in [-0.2, -0.15) is 5.10 Å². The van der Waals surface area contributed by atoms with E-state index in [1.807, 2.05) is 22.8 Å². The van der Waals surface area contributed by atoms with Crippen LogP contribution in [0.4, 0.5) is 0 Å². The van der Waals surface area contributed by atoms with E-state index in [2.05, 4.69) is 41.3 Å². The van der Waals surface area contributed by atoms with Crippen LogP contribution in [0.5, 0.6) is 0 Å². The van der Waals surface area contributed by atoms with Gasteiger partial charge >= 0.3 is 0 Å². The average molecular weight is 487 g/mol. The van der Waals surface area contributed by atoms with Crippen LogP contribution in [0.1, 0.15) is 17.1 Å². The maximum atomic E-state index is 6.73. The molecule has 1 aliphatic rings. The van der Waals surface area contributed by atoms with Crippen molar-refractivity contribution < 1.29 is 0 Å². The minimum Gasteiger partial charge on any atom is -0.275 e. The second-order valence-corrected chi connectivity index (χ2v) is 7.78. The van der Waals surface area contributed by atoms with E-state index in [4.69, 9.17) is 28.2 Å². The number of hydrogen-bond donors (Lipinski definition) is 0. The van der Waals surface area contributed by atoms with Crippen molar-refractivity contribution in [3.05, 3.63) is 80.4 Å². The third-order valence-corrected chi connectivity index (χ3v) is 6.03. The Bertz CT molecular complexity index is 1270. The lowest BCUT2D eigenvalue weighted by Gasteiger charge is -2.15. The van der Waals surface area contributed by atoms with E-state index >= 15 is 0 Å². The summed E-state index contributed by atoms with van der Waals surface area (Å²) >= 11 is 16.7. The van der Waals surface area contributed by atoms with Crippen LogP contribution in [0, 0.1) is 0 Å². The number of nitrogens with zero attached hydrogens (tertiary/aromatic N) is 7. The SMILES string of the molecule is Clc1cccnc1C1=NCc2nnc(-c3cccnn3)n2-c2ccc(Br)c(Cl)c21. The van der Waals surface area contributed by atoms with Crippen LogP contribution in [0.25, 0.3) is 17.2 Å². The van der Waals surface area contributed by atoms with Gasteiger partial charge in [-0.05, 0) is 52.3 Å². The van der Waals surface area contributed by atoms with Gasteiger partial charge in [-0.3, -0.25) is 14.5 Å². The van der Waals surface area contributed by atoms with Crippen molar-refractivity contribution in [1.29, 1.82) is 0 Å². The maximum absolute atomic E-state index is 6.73. The Hall–Kier alpha value is -2.68. The fourth-order valence-corrected chi connectivity index (χ4v) is 3.98. The lowest BCUT2D eigenvalue weighted by atomic mass is 10.0. The summed E-state index contributed by atoms with van der Waals surface area (Å²) in [5.74, 6) is 1.20. The third kappa shape index (κ3) is 3.04.